The number of rotatable bonds is 2. The molecule has 7 heteroatoms. The first-order chi connectivity index (χ1) is 9.69. The second kappa shape index (κ2) is 4.76. The molecule has 1 aromatic carbocycles. The number of anilines is 1. The van der Waals surface area contributed by atoms with E-state index in [4.69, 9.17) is 19.9 Å². The fourth-order valence-corrected chi connectivity index (χ4v) is 2.00. The van der Waals surface area contributed by atoms with E-state index in [0.717, 1.165) is 5.69 Å². The summed E-state index contributed by atoms with van der Waals surface area (Å²) >= 11 is 0. The molecule has 3 rings (SSSR count). The molecule has 1 aliphatic rings. The number of ether oxygens (including phenoxy) is 3. The van der Waals surface area contributed by atoms with Crippen LogP contribution in [0.4, 0.5) is 10.5 Å². The Morgan fingerprint density at radius 1 is 1.55 bits per heavy atom. The molecule has 0 aliphatic carbocycles. The Labute approximate surface area is 114 Å². The Kier molecular flexibility index (Phi) is 2.94. The van der Waals surface area contributed by atoms with Gasteiger partial charge in [-0.05, 0) is 19.1 Å². The van der Waals surface area contributed by atoms with Gasteiger partial charge in [-0.1, -0.05) is 0 Å². The standard InChI is InChI=1S/C13H13N3O4/c1-2-18-13(17)20-12-10-6-19-11-5-8(14)3-4-9(11)16(10)7-15-12/h3-5,7H,2,6,14H2,1H3. The summed E-state index contributed by atoms with van der Waals surface area (Å²) in [6.07, 6.45) is 0.790. The first-order valence-electron chi connectivity index (χ1n) is 6.12. The molecule has 0 saturated carbocycles. The van der Waals surface area contributed by atoms with Crippen molar-refractivity contribution in [1.29, 1.82) is 0 Å². The number of carbonyl (C=O) groups is 1. The number of hydrogen-bond donors (Lipinski definition) is 1. The van der Waals surface area contributed by atoms with Crippen LogP contribution in [0.1, 0.15) is 12.6 Å². The summed E-state index contributed by atoms with van der Waals surface area (Å²) in [5, 5.41) is 0. The van der Waals surface area contributed by atoms with E-state index in [9.17, 15) is 4.79 Å². The molecule has 2 aromatic rings. The number of imidazole rings is 1. The Morgan fingerprint density at radius 3 is 3.20 bits per heavy atom. The number of aromatic nitrogens is 2. The molecule has 20 heavy (non-hydrogen) atoms. The van der Waals surface area contributed by atoms with Crippen LogP contribution < -0.4 is 15.2 Å². The topological polar surface area (TPSA) is 88.6 Å². The quantitative estimate of drug-likeness (QED) is 0.665. The second-order valence-electron chi connectivity index (χ2n) is 4.17. The zero-order chi connectivity index (χ0) is 14.1. The van der Waals surface area contributed by atoms with Gasteiger partial charge >= 0.3 is 6.16 Å². The average Bonchev–Trinajstić information content (AvgIpc) is 2.82. The van der Waals surface area contributed by atoms with Crippen LogP contribution in [0.25, 0.3) is 5.69 Å². The summed E-state index contributed by atoms with van der Waals surface area (Å²) in [6.45, 7) is 2.19. The third-order valence-corrected chi connectivity index (χ3v) is 2.88. The van der Waals surface area contributed by atoms with E-state index < -0.39 is 6.16 Å². The van der Waals surface area contributed by atoms with E-state index in [1.165, 1.54) is 0 Å². The van der Waals surface area contributed by atoms with Gasteiger partial charge < -0.3 is 19.9 Å². The van der Waals surface area contributed by atoms with Crippen molar-refractivity contribution in [3.63, 3.8) is 0 Å². The lowest BCUT2D eigenvalue weighted by molar-refractivity contribution is 0.102. The molecule has 1 aliphatic heterocycles. The smallest absolute Gasteiger partial charge is 0.485 e. The summed E-state index contributed by atoms with van der Waals surface area (Å²) in [5.74, 6) is 0.850. The average molecular weight is 275 g/mol. The van der Waals surface area contributed by atoms with Crippen molar-refractivity contribution in [1.82, 2.24) is 9.55 Å². The van der Waals surface area contributed by atoms with Crippen molar-refractivity contribution in [2.75, 3.05) is 12.3 Å². The zero-order valence-electron chi connectivity index (χ0n) is 10.8. The summed E-state index contributed by atoms with van der Waals surface area (Å²) in [6, 6.07) is 5.33. The summed E-state index contributed by atoms with van der Waals surface area (Å²) in [4.78, 5) is 15.4. The molecule has 1 aromatic heterocycles. The monoisotopic (exact) mass is 275 g/mol. The minimum atomic E-state index is -0.780. The predicted octanol–water partition coefficient (Wildman–Crippen LogP) is 1.88. The number of nitrogens with zero attached hydrogens (tertiary/aromatic N) is 2. The predicted molar refractivity (Wildman–Crippen MR) is 70.0 cm³/mol. The van der Waals surface area contributed by atoms with Crippen LogP contribution in [0, 0.1) is 0 Å². The normalized spacial score (nSPS) is 12.1. The minimum absolute atomic E-state index is 0.186. The third-order valence-electron chi connectivity index (χ3n) is 2.88. The Balaban J connectivity index is 1.94. The highest BCUT2D eigenvalue weighted by molar-refractivity contribution is 5.64. The van der Waals surface area contributed by atoms with E-state index >= 15 is 0 Å². The van der Waals surface area contributed by atoms with E-state index in [0.29, 0.717) is 17.1 Å². The maximum absolute atomic E-state index is 11.3. The fourth-order valence-electron chi connectivity index (χ4n) is 2.00. The van der Waals surface area contributed by atoms with Gasteiger partial charge in [-0.3, -0.25) is 4.57 Å². The van der Waals surface area contributed by atoms with E-state index in [2.05, 4.69) is 4.98 Å². The van der Waals surface area contributed by atoms with Crippen molar-refractivity contribution < 1.29 is 19.0 Å². The SMILES string of the molecule is CCOC(=O)Oc1ncn2c1COc1cc(N)ccc1-2. The fraction of sp³-hybridized carbons (Fsp3) is 0.231. The van der Waals surface area contributed by atoms with Crippen LogP contribution >= 0.6 is 0 Å². The molecule has 0 atom stereocenters. The number of benzene rings is 1. The lowest BCUT2D eigenvalue weighted by Gasteiger charge is -2.20. The molecular weight excluding hydrogens is 262 g/mol. The lowest BCUT2D eigenvalue weighted by atomic mass is 10.2. The van der Waals surface area contributed by atoms with Gasteiger partial charge in [0.2, 0.25) is 0 Å². The molecule has 0 bridgehead atoms. The number of hydrogen-bond acceptors (Lipinski definition) is 6. The Bertz CT molecular complexity index is 666. The maximum Gasteiger partial charge on any atom is 0.515 e. The number of carbonyl (C=O) groups excluding carboxylic acids is 1. The van der Waals surface area contributed by atoms with Crippen molar-refractivity contribution in [2.45, 2.75) is 13.5 Å². The van der Waals surface area contributed by atoms with Gasteiger partial charge in [0.25, 0.3) is 5.88 Å². The van der Waals surface area contributed by atoms with Crippen molar-refractivity contribution in [2.24, 2.45) is 0 Å². The van der Waals surface area contributed by atoms with Gasteiger partial charge in [-0.15, -0.1) is 0 Å². The van der Waals surface area contributed by atoms with Gasteiger partial charge in [-0.25, -0.2) is 9.78 Å². The van der Waals surface area contributed by atoms with Crippen LogP contribution in [0.3, 0.4) is 0 Å². The van der Waals surface area contributed by atoms with Gasteiger partial charge in [0.15, 0.2) is 0 Å². The van der Waals surface area contributed by atoms with E-state index in [-0.39, 0.29) is 19.1 Å². The Morgan fingerprint density at radius 2 is 2.40 bits per heavy atom. The van der Waals surface area contributed by atoms with Crippen LogP contribution in [0.5, 0.6) is 11.6 Å². The van der Waals surface area contributed by atoms with Gasteiger partial charge in [0.05, 0.1) is 12.3 Å². The highest BCUT2D eigenvalue weighted by Gasteiger charge is 2.23. The van der Waals surface area contributed by atoms with E-state index in [1.807, 2.05) is 6.07 Å². The molecule has 2 N–H and O–H groups in total. The third kappa shape index (κ3) is 2.03. The molecule has 0 fully saturated rings. The summed E-state index contributed by atoms with van der Waals surface area (Å²) < 4.78 is 17.2. The van der Waals surface area contributed by atoms with Crippen molar-refractivity contribution >= 4 is 11.8 Å². The molecule has 0 amide bonds. The molecule has 7 nitrogen and oxygen atoms in total. The van der Waals surface area contributed by atoms with E-state index in [1.54, 1.807) is 30.0 Å². The zero-order valence-corrected chi connectivity index (χ0v) is 10.8. The van der Waals surface area contributed by atoms with Crippen LogP contribution in [-0.2, 0) is 11.3 Å². The number of nitrogen functional groups attached to an aromatic ring is 1. The highest BCUT2D eigenvalue weighted by atomic mass is 16.7. The molecule has 0 spiro atoms. The number of fused-ring (bicyclic) bond motifs is 3. The molecular formula is C13H13N3O4. The maximum atomic E-state index is 11.3. The minimum Gasteiger partial charge on any atom is -0.485 e. The molecule has 0 saturated heterocycles. The largest absolute Gasteiger partial charge is 0.515 e. The summed E-state index contributed by atoms with van der Waals surface area (Å²) in [5.41, 5.74) is 7.78. The van der Waals surface area contributed by atoms with Crippen LogP contribution in [-0.4, -0.2) is 22.3 Å². The van der Waals surface area contributed by atoms with Crippen LogP contribution in [0.15, 0.2) is 24.5 Å². The second-order valence-corrected chi connectivity index (χ2v) is 4.17. The van der Waals surface area contributed by atoms with Crippen molar-refractivity contribution in [3.8, 4) is 17.3 Å². The number of nitrogens with two attached hydrogens (primary N) is 1. The first-order valence-corrected chi connectivity index (χ1v) is 6.12. The van der Waals surface area contributed by atoms with Gasteiger partial charge in [0, 0.05) is 11.8 Å². The van der Waals surface area contributed by atoms with Crippen molar-refractivity contribution in [3.05, 3.63) is 30.2 Å². The molecule has 0 radical (unpaired) electrons. The molecule has 104 valence electrons. The summed E-state index contributed by atoms with van der Waals surface area (Å²) in [7, 11) is 0. The highest BCUT2D eigenvalue weighted by Crippen LogP contribution is 2.34. The van der Waals surface area contributed by atoms with Crippen LogP contribution in [0.2, 0.25) is 0 Å². The first kappa shape index (κ1) is 12.3. The Hall–Kier alpha value is -2.70. The molecule has 2 heterocycles. The molecule has 0 unspecified atom stereocenters. The van der Waals surface area contributed by atoms with Gasteiger partial charge in [-0.2, -0.15) is 0 Å². The van der Waals surface area contributed by atoms with Gasteiger partial charge in [0.1, 0.15) is 24.4 Å². The lowest BCUT2D eigenvalue weighted by Crippen LogP contribution is -2.15.